The lowest BCUT2D eigenvalue weighted by Gasteiger charge is -2.14. The number of nitrogens with two attached hydrogens (primary N) is 1. The topological polar surface area (TPSA) is 131 Å². The lowest BCUT2D eigenvalue weighted by Crippen LogP contribution is -2.41. The molecule has 0 radical (unpaired) electrons. The minimum Gasteiger partial charge on any atom is -0.480 e. The normalized spacial score (nSPS) is 11.7. The molecule has 0 saturated carbocycles. The molecular formula is C14H19N3O5. The molecule has 1 aromatic heterocycles. The molecule has 120 valence electrons. The summed E-state index contributed by atoms with van der Waals surface area (Å²) in [7, 11) is 0. The Morgan fingerprint density at radius 2 is 2.05 bits per heavy atom. The summed E-state index contributed by atoms with van der Waals surface area (Å²) in [5.41, 5.74) is 5.32. The van der Waals surface area contributed by atoms with Crippen molar-refractivity contribution in [2.75, 3.05) is 0 Å². The van der Waals surface area contributed by atoms with E-state index in [-0.39, 0.29) is 31.4 Å². The molecule has 1 atom stereocenters. The van der Waals surface area contributed by atoms with Crippen LogP contribution in [0.4, 0.5) is 0 Å². The van der Waals surface area contributed by atoms with Crippen LogP contribution in [-0.4, -0.2) is 33.5 Å². The second-order valence-corrected chi connectivity index (χ2v) is 4.90. The third kappa shape index (κ3) is 5.39. The van der Waals surface area contributed by atoms with Crippen LogP contribution in [0, 0.1) is 6.92 Å². The van der Waals surface area contributed by atoms with Crippen LogP contribution in [0.3, 0.4) is 0 Å². The largest absolute Gasteiger partial charge is 0.480 e. The molecule has 4 N–H and O–H groups in total. The molecule has 0 fully saturated rings. The Bertz CT molecular complexity index is 623. The summed E-state index contributed by atoms with van der Waals surface area (Å²) < 4.78 is 1.38. The Hall–Kier alpha value is -2.64. The first kappa shape index (κ1) is 17.4. The zero-order chi connectivity index (χ0) is 16.7. The number of amides is 2. The number of carboxylic acids is 1. The van der Waals surface area contributed by atoms with Crippen molar-refractivity contribution in [2.24, 2.45) is 5.73 Å². The van der Waals surface area contributed by atoms with Crippen molar-refractivity contribution in [3.8, 4) is 0 Å². The van der Waals surface area contributed by atoms with Gasteiger partial charge in [0, 0.05) is 31.1 Å². The van der Waals surface area contributed by atoms with Gasteiger partial charge in [-0.05, 0) is 19.4 Å². The SMILES string of the molecule is Cc1cccn(CCC(=O)NC(CCC(N)=O)C(=O)O)c1=O. The van der Waals surface area contributed by atoms with E-state index in [9.17, 15) is 19.2 Å². The minimum absolute atomic E-state index is 0.0380. The molecule has 8 heteroatoms. The average molecular weight is 309 g/mol. The first-order valence-corrected chi connectivity index (χ1v) is 6.77. The predicted octanol–water partition coefficient (Wildman–Crippen LogP) is -0.618. The molecule has 0 aliphatic carbocycles. The molecule has 1 aromatic rings. The number of carbonyl (C=O) groups is 3. The second kappa shape index (κ2) is 7.96. The molecule has 22 heavy (non-hydrogen) atoms. The fourth-order valence-electron chi connectivity index (χ4n) is 1.87. The first-order valence-electron chi connectivity index (χ1n) is 6.77. The van der Waals surface area contributed by atoms with E-state index < -0.39 is 23.8 Å². The zero-order valence-electron chi connectivity index (χ0n) is 12.2. The van der Waals surface area contributed by atoms with Crippen LogP contribution in [0.5, 0.6) is 0 Å². The number of nitrogens with zero attached hydrogens (tertiary/aromatic N) is 1. The van der Waals surface area contributed by atoms with Gasteiger partial charge in [0.25, 0.3) is 5.56 Å². The molecule has 0 saturated heterocycles. The molecule has 0 aromatic carbocycles. The van der Waals surface area contributed by atoms with Crippen molar-refractivity contribution in [2.45, 2.75) is 38.8 Å². The molecule has 0 spiro atoms. The van der Waals surface area contributed by atoms with E-state index >= 15 is 0 Å². The molecule has 0 bridgehead atoms. The fraction of sp³-hybridized carbons (Fsp3) is 0.429. The van der Waals surface area contributed by atoms with Gasteiger partial charge in [-0.2, -0.15) is 0 Å². The molecule has 0 aliphatic rings. The quantitative estimate of drug-likeness (QED) is 0.589. The standard InChI is InChI=1S/C14H19N3O5/c1-9-3-2-7-17(13(9)20)8-6-12(19)16-10(14(21)22)4-5-11(15)18/h2-3,7,10H,4-6,8H2,1H3,(H2,15,18)(H,16,19)(H,21,22). The van der Waals surface area contributed by atoms with Gasteiger partial charge in [-0.15, -0.1) is 0 Å². The van der Waals surface area contributed by atoms with Crippen LogP contribution >= 0.6 is 0 Å². The van der Waals surface area contributed by atoms with Gasteiger partial charge in [0.05, 0.1) is 0 Å². The third-order valence-corrected chi connectivity index (χ3v) is 3.10. The number of hydrogen-bond donors (Lipinski definition) is 3. The smallest absolute Gasteiger partial charge is 0.326 e. The number of primary amides is 1. The van der Waals surface area contributed by atoms with Gasteiger partial charge < -0.3 is 20.7 Å². The highest BCUT2D eigenvalue weighted by molar-refractivity contribution is 5.84. The number of aliphatic carboxylic acids is 1. The van der Waals surface area contributed by atoms with E-state index in [0.29, 0.717) is 5.56 Å². The van der Waals surface area contributed by atoms with E-state index in [4.69, 9.17) is 10.8 Å². The lowest BCUT2D eigenvalue weighted by molar-refractivity contribution is -0.142. The van der Waals surface area contributed by atoms with E-state index in [0.717, 1.165) is 0 Å². The highest BCUT2D eigenvalue weighted by atomic mass is 16.4. The van der Waals surface area contributed by atoms with Crippen molar-refractivity contribution < 1.29 is 19.5 Å². The van der Waals surface area contributed by atoms with Gasteiger partial charge in [0.2, 0.25) is 11.8 Å². The Balaban J connectivity index is 2.57. The third-order valence-electron chi connectivity index (χ3n) is 3.10. The number of carbonyl (C=O) groups excluding carboxylic acids is 2. The van der Waals surface area contributed by atoms with E-state index in [1.807, 2.05) is 0 Å². The van der Waals surface area contributed by atoms with Crippen LogP contribution in [-0.2, 0) is 20.9 Å². The van der Waals surface area contributed by atoms with E-state index in [2.05, 4.69) is 5.32 Å². The number of carboxylic acid groups (broad SMARTS) is 1. The molecule has 1 heterocycles. The molecule has 1 rings (SSSR count). The zero-order valence-corrected chi connectivity index (χ0v) is 12.2. The maximum Gasteiger partial charge on any atom is 0.326 e. The summed E-state index contributed by atoms with van der Waals surface area (Å²) in [6.45, 7) is 1.82. The summed E-state index contributed by atoms with van der Waals surface area (Å²) in [4.78, 5) is 45.2. The van der Waals surface area contributed by atoms with Crippen LogP contribution in [0.1, 0.15) is 24.8 Å². The van der Waals surface area contributed by atoms with Crippen LogP contribution in [0.2, 0.25) is 0 Å². The lowest BCUT2D eigenvalue weighted by atomic mass is 10.1. The number of hydrogen-bond acceptors (Lipinski definition) is 4. The Kier molecular flexibility index (Phi) is 6.30. The minimum atomic E-state index is -1.23. The van der Waals surface area contributed by atoms with Crippen molar-refractivity contribution in [3.63, 3.8) is 0 Å². The summed E-state index contributed by atoms with van der Waals surface area (Å²) >= 11 is 0. The predicted molar refractivity (Wildman–Crippen MR) is 78.1 cm³/mol. The highest BCUT2D eigenvalue weighted by Gasteiger charge is 2.20. The summed E-state index contributed by atoms with van der Waals surface area (Å²) in [6.07, 6.45) is 1.32. The maximum absolute atomic E-state index is 11.8. The summed E-state index contributed by atoms with van der Waals surface area (Å²) in [5, 5.41) is 11.3. The average Bonchev–Trinajstić information content (AvgIpc) is 2.44. The number of pyridine rings is 1. The van der Waals surface area contributed by atoms with Gasteiger partial charge >= 0.3 is 5.97 Å². The van der Waals surface area contributed by atoms with Gasteiger partial charge in [0.15, 0.2) is 0 Å². The Morgan fingerprint density at radius 1 is 1.36 bits per heavy atom. The highest BCUT2D eigenvalue weighted by Crippen LogP contribution is 1.99. The van der Waals surface area contributed by atoms with Crippen molar-refractivity contribution in [3.05, 3.63) is 34.2 Å². The fourth-order valence-corrected chi connectivity index (χ4v) is 1.87. The molecule has 8 nitrogen and oxygen atoms in total. The van der Waals surface area contributed by atoms with Gasteiger partial charge in [-0.3, -0.25) is 14.4 Å². The Labute approximate surface area is 126 Å². The first-order chi connectivity index (χ1) is 10.3. The van der Waals surface area contributed by atoms with Gasteiger partial charge in [-0.1, -0.05) is 6.07 Å². The number of nitrogens with one attached hydrogen (secondary N) is 1. The molecule has 0 aliphatic heterocycles. The molecule has 2 amide bonds. The van der Waals surface area contributed by atoms with Crippen molar-refractivity contribution in [1.29, 1.82) is 0 Å². The van der Waals surface area contributed by atoms with Crippen molar-refractivity contribution in [1.82, 2.24) is 9.88 Å². The molecular weight excluding hydrogens is 290 g/mol. The Morgan fingerprint density at radius 3 is 2.64 bits per heavy atom. The van der Waals surface area contributed by atoms with Crippen LogP contribution in [0.15, 0.2) is 23.1 Å². The maximum atomic E-state index is 11.8. The van der Waals surface area contributed by atoms with E-state index in [1.165, 1.54) is 4.57 Å². The number of rotatable bonds is 8. The van der Waals surface area contributed by atoms with E-state index in [1.54, 1.807) is 25.3 Å². The van der Waals surface area contributed by atoms with Gasteiger partial charge in [0.1, 0.15) is 6.04 Å². The number of aromatic nitrogens is 1. The second-order valence-electron chi connectivity index (χ2n) is 4.90. The molecule has 1 unspecified atom stereocenters. The van der Waals surface area contributed by atoms with Crippen LogP contribution < -0.4 is 16.6 Å². The van der Waals surface area contributed by atoms with Gasteiger partial charge in [-0.25, -0.2) is 4.79 Å². The summed E-state index contributed by atoms with van der Waals surface area (Å²) in [6, 6.07) is 2.19. The summed E-state index contributed by atoms with van der Waals surface area (Å²) in [5.74, 6) is -2.38. The number of aryl methyl sites for hydroxylation is 2. The van der Waals surface area contributed by atoms with Crippen LogP contribution in [0.25, 0.3) is 0 Å². The monoisotopic (exact) mass is 309 g/mol. The van der Waals surface area contributed by atoms with Crippen molar-refractivity contribution >= 4 is 17.8 Å².